The van der Waals surface area contributed by atoms with Crippen molar-refractivity contribution >= 4 is 17.7 Å². The van der Waals surface area contributed by atoms with Crippen molar-refractivity contribution in [3.8, 4) is 11.6 Å². The molecule has 1 spiro atoms. The third kappa shape index (κ3) is 6.28. The summed E-state index contributed by atoms with van der Waals surface area (Å²) < 4.78 is 55.5. The molecule has 2 aliphatic heterocycles. The van der Waals surface area contributed by atoms with E-state index in [1.165, 1.54) is 28.9 Å². The van der Waals surface area contributed by atoms with Crippen LogP contribution in [0.15, 0.2) is 36.5 Å². The van der Waals surface area contributed by atoms with Crippen molar-refractivity contribution in [3.63, 3.8) is 0 Å². The van der Waals surface area contributed by atoms with Crippen molar-refractivity contribution < 1.29 is 32.5 Å². The number of carbonyl (C=O) groups is 1. The normalized spacial score (nSPS) is 19.2. The molecule has 2 atom stereocenters. The maximum atomic E-state index is 14.5. The van der Waals surface area contributed by atoms with Crippen LogP contribution in [0.3, 0.4) is 0 Å². The molecule has 0 amide bonds. The van der Waals surface area contributed by atoms with E-state index in [-0.39, 0.29) is 47.1 Å². The maximum Gasteiger partial charge on any atom is 0.429 e. The lowest BCUT2D eigenvalue weighted by molar-refractivity contribution is -0.198. The lowest BCUT2D eigenvalue weighted by Crippen LogP contribution is -2.41. The van der Waals surface area contributed by atoms with Crippen LogP contribution in [0, 0.1) is 12.3 Å². The zero-order valence-electron chi connectivity index (χ0n) is 23.4. The summed E-state index contributed by atoms with van der Waals surface area (Å²) in [5.74, 6) is -0.427. The summed E-state index contributed by atoms with van der Waals surface area (Å²) in [6.45, 7) is 5.29. The number of ether oxygens (including phenoxy) is 2. The average Bonchev–Trinajstić information content (AvgIpc) is 3.57. The van der Waals surface area contributed by atoms with E-state index in [9.17, 15) is 23.1 Å². The van der Waals surface area contributed by atoms with E-state index in [2.05, 4.69) is 20.4 Å². The molecular formula is C28H34F3N7O4. The summed E-state index contributed by atoms with van der Waals surface area (Å²) in [6, 6.07) is 6.80. The Labute approximate surface area is 240 Å². The summed E-state index contributed by atoms with van der Waals surface area (Å²) >= 11 is 0. The van der Waals surface area contributed by atoms with E-state index in [0.717, 1.165) is 12.8 Å². The van der Waals surface area contributed by atoms with Crippen molar-refractivity contribution in [1.29, 1.82) is 0 Å². The highest BCUT2D eigenvalue weighted by atomic mass is 19.4. The van der Waals surface area contributed by atoms with Gasteiger partial charge >= 0.3 is 12.1 Å². The van der Waals surface area contributed by atoms with E-state index in [0.29, 0.717) is 49.7 Å². The number of aromatic nitrogens is 4. The van der Waals surface area contributed by atoms with Gasteiger partial charge in [-0.2, -0.15) is 28.2 Å². The van der Waals surface area contributed by atoms with Gasteiger partial charge in [0.25, 0.3) is 0 Å². The SMILES string of the molecule is CCOC(=O)[C@@H]1CC2(CCN(c3cc(O[C@H](c4ccc(CO)cc4-n4ccc(C)n4)C(F)(F)F)nc(N)n3)CC2)CN1. The monoisotopic (exact) mass is 589 g/mol. The lowest BCUT2D eigenvalue weighted by Gasteiger charge is -2.39. The minimum atomic E-state index is -4.82. The molecule has 0 radical (unpaired) electrons. The Morgan fingerprint density at radius 3 is 2.64 bits per heavy atom. The van der Waals surface area contributed by atoms with Gasteiger partial charge in [-0.1, -0.05) is 12.1 Å². The number of anilines is 2. The number of rotatable bonds is 8. The number of benzene rings is 1. The number of esters is 1. The second-order valence-electron chi connectivity index (χ2n) is 10.8. The Morgan fingerprint density at radius 2 is 2.00 bits per heavy atom. The van der Waals surface area contributed by atoms with Crippen LogP contribution >= 0.6 is 0 Å². The van der Waals surface area contributed by atoms with Gasteiger partial charge in [0, 0.05) is 37.5 Å². The predicted molar refractivity (Wildman–Crippen MR) is 147 cm³/mol. The van der Waals surface area contributed by atoms with Crippen molar-refractivity contribution in [2.45, 2.75) is 58.0 Å². The van der Waals surface area contributed by atoms with Crippen LogP contribution in [-0.2, 0) is 16.1 Å². The Morgan fingerprint density at radius 1 is 1.24 bits per heavy atom. The molecule has 14 heteroatoms. The van der Waals surface area contributed by atoms with Gasteiger partial charge in [-0.15, -0.1) is 0 Å². The molecule has 5 rings (SSSR count). The number of hydrogen-bond acceptors (Lipinski definition) is 10. The minimum Gasteiger partial charge on any atom is -0.465 e. The van der Waals surface area contributed by atoms with Crippen LogP contribution in [0.2, 0.25) is 0 Å². The Bertz CT molecular complexity index is 1420. The maximum absolute atomic E-state index is 14.5. The Balaban J connectivity index is 1.37. The van der Waals surface area contributed by atoms with Crippen molar-refractivity contribution in [1.82, 2.24) is 25.1 Å². The zero-order chi connectivity index (χ0) is 30.1. The second kappa shape index (κ2) is 11.8. The number of hydrogen-bond donors (Lipinski definition) is 3. The molecule has 0 bridgehead atoms. The second-order valence-corrected chi connectivity index (χ2v) is 10.8. The number of aliphatic hydroxyl groups excluding tert-OH is 1. The van der Waals surface area contributed by atoms with Crippen molar-refractivity contribution in [3.05, 3.63) is 53.3 Å². The molecule has 2 saturated heterocycles. The van der Waals surface area contributed by atoms with Gasteiger partial charge in [0.15, 0.2) is 0 Å². The van der Waals surface area contributed by atoms with E-state index >= 15 is 0 Å². The van der Waals surface area contributed by atoms with Crippen LogP contribution in [0.25, 0.3) is 5.69 Å². The molecule has 3 aromatic rings. The van der Waals surface area contributed by atoms with Crippen LogP contribution in [0.1, 0.15) is 49.1 Å². The molecule has 0 saturated carbocycles. The first kappa shape index (κ1) is 29.6. The number of halogens is 3. The highest BCUT2D eigenvalue weighted by molar-refractivity contribution is 5.76. The average molecular weight is 590 g/mol. The largest absolute Gasteiger partial charge is 0.465 e. The molecular weight excluding hydrogens is 555 g/mol. The van der Waals surface area contributed by atoms with Gasteiger partial charge in [0.2, 0.25) is 17.9 Å². The first-order valence-corrected chi connectivity index (χ1v) is 13.8. The van der Waals surface area contributed by atoms with Gasteiger partial charge < -0.3 is 30.5 Å². The molecule has 2 aliphatic rings. The summed E-state index contributed by atoms with van der Waals surface area (Å²) in [5, 5.41) is 17.1. The quantitative estimate of drug-likeness (QED) is 0.336. The van der Waals surface area contributed by atoms with Gasteiger partial charge in [-0.05, 0) is 56.2 Å². The minimum absolute atomic E-state index is 0.0742. The number of alkyl halides is 3. The van der Waals surface area contributed by atoms with Crippen LogP contribution in [-0.4, -0.2) is 69.3 Å². The molecule has 4 N–H and O–H groups in total. The number of nitrogens with two attached hydrogens (primary N) is 1. The van der Waals surface area contributed by atoms with Crippen LogP contribution < -0.4 is 20.7 Å². The summed E-state index contributed by atoms with van der Waals surface area (Å²) in [6.07, 6.45) is -3.50. The Hall–Kier alpha value is -3.91. The number of aliphatic hydroxyl groups is 1. The molecule has 2 fully saturated rings. The molecule has 0 unspecified atom stereocenters. The fourth-order valence-corrected chi connectivity index (χ4v) is 5.65. The standard InChI is InChI=1S/C28H34F3N7O4/c1-3-41-25(40)20-14-27(16-33-20)7-10-37(11-8-27)22-13-23(35-26(32)34-22)42-24(28(29,30)31)19-5-4-18(15-39)12-21(19)38-9-6-17(2)36-38/h4-6,9,12-13,20,24,33,39H,3,7-8,10-11,14-16H2,1-2H3,(H2,32,34,35)/t20-,24+/m0/s1. The molecule has 2 aromatic heterocycles. The lowest BCUT2D eigenvalue weighted by atomic mass is 9.76. The molecule has 0 aliphatic carbocycles. The first-order valence-electron chi connectivity index (χ1n) is 13.8. The van der Waals surface area contributed by atoms with E-state index in [4.69, 9.17) is 15.2 Å². The van der Waals surface area contributed by atoms with Crippen molar-refractivity contribution in [2.24, 2.45) is 5.41 Å². The fraction of sp³-hybridized carbons (Fsp3) is 0.500. The highest BCUT2D eigenvalue weighted by Crippen LogP contribution is 2.42. The molecule has 42 heavy (non-hydrogen) atoms. The first-order chi connectivity index (χ1) is 20.0. The van der Waals surface area contributed by atoms with Crippen molar-refractivity contribution in [2.75, 3.05) is 36.9 Å². The number of nitrogen functional groups attached to an aromatic ring is 1. The number of carbonyl (C=O) groups excluding carboxylic acids is 1. The topological polar surface area (TPSA) is 141 Å². The van der Waals surface area contributed by atoms with Gasteiger partial charge in [0.1, 0.15) is 11.9 Å². The predicted octanol–water partition coefficient (Wildman–Crippen LogP) is 3.24. The van der Waals surface area contributed by atoms with Gasteiger partial charge in [-0.3, -0.25) is 4.79 Å². The Kier molecular flexibility index (Phi) is 8.28. The highest BCUT2D eigenvalue weighted by Gasteiger charge is 2.46. The van der Waals surface area contributed by atoms with Gasteiger partial charge in [0.05, 0.1) is 24.6 Å². The molecule has 1 aromatic carbocycles. The van der Waals surface area contributed by atoms with Crippen LogP contribution in [0.5, 0.6) is 5.88 Å². The van der Waals surface area contributed by atoms with E-state index in [1.54, 1.807) is 26.1 Å². The van der Waals surface area contributed by atoms with Crippen LogP contribution in [0.4, 0.5) is 24.9 Å². The van der Waals surface area contributed by atoms with Gasteiger partial charge in [-0.25, -0.2) is 4.68 Å². The van der Waals surface area contributed by atoms with E-state index in [1.807, 2.05) is 4.90 Å². The third-order valence-corrected chi connectivity index (χ3v) is 7.85. The summed E-state index contributed by atoms with van der Waals surface area (Å²) in [7, 11) is 0. The smallest absolute Gasteiger partial charge is 0.429 e. The number of piperidine rings is 1. The number of nitrogens with one attached hydrogen (secondary N) is 1. The fourth-order valence-electron chi connectivity index (χ4n) is 5.65. The zero-order valence-corrected chi connectivity index (χ0v) is 23.4. The third-order valence-electron chi connectivity index (χ3n) is 7.85. The molecule has 11 nitrogen and oxygen atoms in total. The summed E-state index contributed by atoms with van der Waals surface area (Å²) in [5.41, 5.74) is 6.81. The molecule has 4 heterocycles. The molecule has 226 valence electrons. The van der Waals surface area contributed by atoms with E-state index < -0.39 is 12.3 Å². The number of nitrogens with zero attached hydrogens (tertiary/aromatic N) is 5. The summed E-state index contributed by atoms with van der Waals surface area (Å²) in [4.78, 5) is 22.4. The number of aryl methyl sites for hydroxylation is 1.